The number of hydrogen-bond donors (Lipinski definition) is 1. The summed E-state index contributed by atoms with van der Waals surface area (Å²) in [5, 5.41) is 0. The van der Waals surface area contributed by atoms with Gasteiger partial charge < -0.3 is 10.5 Å². The molecule has 1 rings (SSSR count). The minimum atomic E-state index is -5.06. The van der Waals surface area contributed by atoms with Crippen LogP contribution >= 0.6 is 0 Å². The van der Waals surface area contributed by atoms with E-state index in [9.17, 15) is 22.4 Å². The van der Waals surface area contributed by atoms with Crippen molar-refractivity contribution in [3.05, 3.63) is 23.5 Å². The highest BCUT2D eigenvalue weighted by Crippen LogP contribution is 2.32. The predicted molar refractivity (Wildman–Crippen MR) is 42.9 cm³/mol. The van der Waals surface area contributed by atoms with Gasteiger partial charge in [-0.3, -0.25) is 4.79 Å². The molecule has 0 spiro atoms. The van der Waals surface area contributed by atoms with E-state index in [1.165, 1.54) is 0 Å². The first kappa shape index (κ1) is 11.3. The standard InChI is InChI=1S/C8H5F4NO2/c9-6-4(3-14)1-2-5(13)7(6)15-8(10,11)12/h1-3H,13H2. The lowest BCUT2D eigenvalue weighted by atomic mass is 10.2. The Labute approximate surface area is 81.4 Å². The van der Waals surface area contributed by atoms with Gasteiger partial charge >= 0.3 is 6.36 Å². The summed E-state index contributed by atoms with van der Waals surface area (Å²) in [4.78, 5) is 10.2. The molecule has 0 aromatic heterocycles. The zero-order chi connectivity index (χ0) is 11.6. The number of benzene rings is 1. The van der Waals surface area contributed by atoms with Crippen molar-refractivity contribution in [1.29, 1.82) is 0 Å². The Morgan fingerprint density at radius 2 is 1.93 bits per heavy atom. The van der Waals surface area contributed by atoms with Gasteiger partial charge in [0.05, 0.1) is 11.3 Å². The third kappa shape index (κ3) is 2.58. The molecule has 0 radical (unpaired) electrons. The average molecular weight is 223 g/mol. The lowest BCUT2D eigenvalue weighted by Crippen LogP contribution is -2.19. The van der Waals surface area contributed by atoms with Crippen molar-refractivity contribution in [2.24, 2.45) is 0 Å². The van der Waals surface area contributed by atoms with Crippen LogP contribution in [0.5, 0.6) is 5.75 Å². The minimum Gasteiger partial charge on any atom is -0.400 e. The lowest BCUT2D eigenvalue weighted by Gasteiger charge is -2.12. The number of nitrogens with two attached hydrogens (primary N) is 1. The average Bonchev–Trinajstić information content (AvgIpc) is 2.11. The van der Waals surface area contributed by atoms with Crippen molar-refractivity contribution >= 4 is 12.0 Å². The van der Waals surface area contributed by atoms with Gasteiger partial charge in [0.15, 0.2) is 17.9 Å². The van der Waals surface area contributed by atoms with Crippen LogP contribution in [0, 0.1) is 5.82 Å². The van der Waals surface area contributed by atoms with Gasteiger partial charge in [0.2, 0.25) is 0 Å². The van der Waals surface area contributed by atoms with E-state index in [-0.39, 0.29) is 6.29 Å². The summed E-state index contributed by atoms with van der Waals surface area (Å²) >= 11 is 0. The van der Waals surface area contributed by atoms with Gasteiger partial charge in [-0.25, -0.2) is 4.39 Å². The van der Waals surface area contributed by atoms with Crippen LogP contribution in [0.25, 0.3) is 0 Å². The third-order valence-electron chi connectivity index (χ3n) is 1.50. The number of alkyl halides is 3. The predicted octanol–water partition coefficient (Wildman–Crippen LogP) is 2.12. The van der Waals surface area contributed by atoms with Crippen LogP contribution in [-0.4, -0.2) is 12.6 Å². The highest BCUT2D eigenvalue weighted by atomic mass is 19.4. The number of nitrogen functional groups attached to an aromatic ring is 1. The molecule has 0 saturated heterocycles. The zero-order valence-corrected chi connectivity index (χ0v) is 7.14. The number of rotatable bonds is 2. The molecule has 0 fully saturated rings. The van der Waals surface area contributed by atoms with Gasteiger partial charge in [-0.1, -0.05) is 0 Å². The molecule has 7 heteroatoms. The maximum absolute atomic E-state index is 13.1. The summed E-state index contributed by atoms with van der Waals surface area (Å²) in [7, 11) is 0. The van der Waals surface area contributed by atoms with Gasteiger partial charge in [-0.05, 0) is 12.1 Å². The van der Waals surface area contributed by atoms with Gasteiger partial charge in [0.25, 0.3) is 0 Å². The topological polar surface area (TPSA) is 52.3 Å². The number of aldehydes is 1. The van der Waals surface area contributed by atoms with Crippen LogP contribution in [0.4, 0.5) is 23.2 Å². The number of carbonyl (C=O) groups excluding carboxylic acids is 1. The normalized spacial score (nSPS) is 11.2. The first-order valence-corrected chi connectivity index (χ1v) is 3.64. The molecular formula is C8H5F4NO2. The van der Waals surface area contributed by atoms with Crippen molar-refractivity contribution in [1.82, 2.24) is 0 Å². The summed E-state index contributed by atoms with van der Waals surface area (Å²) in [6.45, 7) is 0. The lowest BCUT2D eigenvalue weighted by molar-refractivity contribution is -0.275. The summed E-state index contributed by atoms with van der Waals surface area (Å²) in [5.74, 6) is -2.62. The molecule has 0 bridgehead atoms. The molecule has 0 aliphatic rings. The van der Waals surface area contributed by atoms with Crippen molar-refractivity contribution in [3.63, 3.8) is 0 Å². The molecule has 3 nitrogen and oxygen atoms in total. The monoisotopic (exact) mass is 223 g/mol. The van der Waals surface area contributed by atoms with Crippen LogP contribution < -0.4 is 10.5 Å². The van der Waals surface area contributed by atoms with Gasteiger partial charge in [-0.2, -0.15) is 0 Å². The fourth-order valence-electron chi connectivity index (χ4n) is 0.897. The second-order valence-corrected chi connectivity index (χ2v) is 2.55. The molecule has 2 N–H and O–H groups in total. The van der Waals surface area contributed by atoms with E-state index < -0.39 is 29.2 Å². The van der Waals surface area contributed by atoms with E-state index in [1.807, 2.05) is 0 Å². The molecule has 0 saturated carbocycles. The van der Waals surface area contributed by atoms with Gasteiger partial charge in [0.1, 0.15) is 0 Å². The maximum Gasteiger partial charge on any atom is 0.573 e. The Balaban J connectivity index is 3.21. The summed E-state index contributed by atoms with van der Waals surface area (Å²) < 4.78 is 51.9. The van der Waals surface area contributed by atoms with Gasteiger partial charge in [0, 0.05) is 0 Å². The Bertz CT molecular complexity index is 389. The van der Waals surface area contributed by atoms with Gasteiger partial charge in [-0.15, -0.1) is 13.2 Å². The molecule has 0 aliphatic carbocycles. The number of carbonyl (C=O) groups is 1. The van der Waals surface area contributed by atoms with Crippen LogP contribution in [0.15, 0.2) is 12.1 Å². The van der Waals surface area contributed by atoms with E-state index in [2.05, 4.69) is 4.74 Å². The molecule has 0 aliphatic heterocycles. The smallest absolute Gasteiger partial charge is 0.400 e. The first-order chi connectivity index (χ1) is 6.85. The molecule has 0 heterocycles. The van der Waals surface area contributed by atoms with Crippen molar-refractivity contribution in [2.75, 3.05) is 5.73 Å². The van der Waals surface area contributed by atoms with Crippen LogP contribution in [0.3, 0.4) is 0 Å². The second kappa shape index (κ2) is 3.76. The van der Waals surface area contributed by atoms with Crippen molar-refractivity contribution in [2.45, 2.75) is 6.36 Å². The highest BCUT2D eigenvalue weighted by molar-refractivity contribution is 5.78. The molecule has 0 amide bonds. The van der Waals surface area contributed by atoms with Crippen LogP contribution in [-0.2, 0) is 0 Å². The summed E-state index contributed by atoms with van der Waals surface area (Å²) in [6, 6.07) is 1.91. The molecule has 82 valence electrons. The van der Waals surface area contributed by atoms with Crippen molar-refractivity contribution < 1.29 is 27.1 Å². The molecule has 1 aromatic rings. The van der Waals surface area contributed by atoms with E-state index >= 15 is 0 Å². The number of halogens is 4. The maximum atomic E-state index is 13.1. The van der Waals surface area contributed by atoms with E-state index in [1.54, 1.807) is 0 Å². The van der Waals surface area contributed by atoms with Crippen LogP contribution in [0.1, 0.15) is 10.4 Å². The van der Waals surface area contributed by atoms with E-state index in [0.717, 1.165) is 12.1 Å². The zero-order valence-electron chi connectivity index (χ0n) is 7.14. The Morgan fingerprint density at radius 1 is 1.33 bits per heavy atom. The first-order valence-electron chi connectivity index (χ1n) is 3.64. The molecule has 1 aromatic carbocycles. The Morgan fingerprint density at radius 3 is 2.40 bits per heavy atom. The van der Waals surface area contributed by atoms with Crippen LogP contribution in [0.2, 0.25) is 0 Å². The summed E-state index contributed by atoms with van der Waals surface area (Å²) in [5.41, 5.74) is 3.99. The number of hydrogen-bond acceptors (Lipinski definition) is 3. The van der Waals surface area contributed by atoms with E-state index in [0.29, 0.717) is 0 Å². The minimum absolute atomic E-state index is 0.0675. The SMILES string of the molecule is Nc1ccc(C=O)c(F)c1OC(F)(F)F. The second-order valence-electron chi connectivity index (χ2n) is 2.55. The Kier molecular flexibility index (Phi) is 2.83. The Hall–Kier alpha value is -1.79. The molecule has 0 atom stereocenters. The molecular weight excluding hydrogens is 218 g/mol. The summed E-state index contributed by atoms with van der Waals surface area (Å²) in [6.07, 6.45) is -4.99. The highest BCUT2D eigenvalue weighted by Gasteiger charge is 2.33. The van der Waals surface area contributed by atoms with E-state index in [4.69, 9.17) is 5.73 Å². The quantitative estimate of drug-likeness (QED) is 0.474. The third-order valence-corrected chi connectivity index (χ3v) is 1.50. The fourth-order valence-corrected chi connectivity index (χ4v) is 0.897. The molecule has 0 unspecified atom stereocenters. The molecule has 15 heavy (non-hydrogen) atoms. The number of ether oxygens (including phenoxy) is 1. The number of anilines is 1. The fraction of sp³-hybridized carbons (Fsp3) is 0.125. The van der Waals surface area contributed by atoms with Crippen molar-refractivity contribution in [3.8, 4) is 5.75 Å². The largest absolute Gasteiger partial charge is 0.573 e.